The molecule has 3 heterocycles. The topological polar surface area (TPSA) is 33.4 Å². The number of nitrogens with zero attached hydrogens (tertiary/aromatic N) is 4. The number of aryl methyl sites for hydroxylation is 1. The van der Waals surface area contributed by atoms with E-state index in [1.165, 1.54) is 17.6 Å². The number of rotatable bonds is 2. The quantitative estimate of drug-likeness (QED) is 0.610. The summed E-state index contributed by atoms with van der Waals surface area (Å²) in [6.07, 6.45) is 0.117. The SMILES string of the molecule is Cc1cc2ncc3c(n2n1)[C@](C)(C(F)(F)F)CN3C1CCC([C@@H]2CCC2(F)F)CC1. The molecule has 0 bridgehead atoms. The molecule has 2 aliphatic carbocycles. The van der Waals surface area contributed by atoms with Crippen LogP contribution in [-0.4, -0.2) is 39.3 Å². The molecule has 0 spiro atoms. The molecule has 164 valence electrons. The molecule has 0 saturated heterocycles. The largest absolute Gasteiger partial charge is 0.401 e. The minimum absolute atomic E-state index is 0.0320. The lowest BCUT2D eigenvalue weighted by atomic mass is 9.67. The summed E-state index contributed by atoms with van der Waals surface area (Å²) in [4.78, 5) is 6.15. The van der Waals surface area contributed by atoms with Gasteiger partial charge in [0.15, 0.2) is 5.65 Å². The van der Waals surface area contributed by atoms with Crippen LogP contribution in [0.5, 0.6) is 0 Å². The fraction of sp³-hybridized carbons (Fsp3) is 0.714. The molecule has 0 radical (unpaired) electrons. The Labute approximate surface area is 171 Å². The summed E-state index contributed by atoms with van der Waals surface area (Å²) in [5, 5.41) is 4.29. The number of fused-ring (bicyclic) bond motifs is 3. The number of aromatic nitrogens is 3. The normalized spacial score (nSPS) is 33.6. The van der Waals surface area contributed by atoms with Crippen LogP contribution in [-0.2, 0) is 5.41 Å². The van der Waals surface area contributed by atoms with Crippen molar-refractivity contribution < 1.29 is 22.0 Å². The van der Waals surface area contributed by atoms with Gasteiger partial charge >= 0.3 is 6.18 Å². The van der Waals surface area contributed by atoms with E-state index in [0.29, 0.717) is 49.1 Å². The average Bonchev–Trinajstić information content (AvgIpc) is 3.18. The minimum Gasteiger partial charge on any atom is -0.365 e. The van der Waals surface area contributed by atoms with Crippen molar-refractivity contribution in [1.29, 1.82) is 0 Å². The van der Waals surface area contributed by atoms with E-state index in [9.17, 15) is 22.0 Å². The van der Waals surface area contributed by atoms with E-state index < -0.39 is 23.4 Å². The van der Waals surface area contributed by atoms with Crippen molar-refractivity contribution in [2.45, 2.75) is 75.9 Å². The van der Waals surface area contributed by atoms with Gasteiger partial charge in [-0.05, 0) is 51.9 Å². The van der Waals surface area contributed by atoms with Gasteiger partial charge in [-0.25, -0.2) is 18.3 Å². The van der Waals surface area contributed by atoms with Gasteiger partial charge in [-0.15, -0.1) is 0 Å². The molecule has 2 aromatic heterocycles. The summed E-state index contributed by atoms with van der Waals surface area (Å²) in [6, 6.07) is 1.57. The zero-order valence-electron chi connectivity index (χ0n) is 17.0. The van der Waals surface area contributed by atoms with Crippen LogP contribution in [0.15, 0.2) is 12.3 Å². The van der Waals surface area contributed by atoms with Gasteiger partial charge < -0.3 is 4.90 Å². The summed E-state index contributed by atoms with van der Waals surface area (Å²) in [5.74, 6) is -3.16. The van der Waals surface area contributed by atoms with Crippen molar-refractivity contribution >= 4 is 11.3 Å². The molecule has 0 N–H and O–H groups in total. The van der Waals surface area contributed by atoms with Gasteiger partial charge in [-0.2, -0.15) is 18.3 Å². The van der Waals surface area contributed by atoms with Crippen molar-refractivity contribution in [3.63, 3.8) is 0 Å². The Morgan fingerprint density at radius 3 is 2.37 bits per heavy atom. The molecule has 30 heavy (non-hydrogen) atoms. The summed E-state index contributed by atoms with van der Waals surface area (Å²) in [6.45, 7) is 2.76. The Bertz CT molecular complexity index is 976. The molecule has 5 rings (SSSR count). The molecule has 0 unspecified atom stereocenters. The first-order valence-corrected chi connectivity index (χ1v) is 10.6. The minimum atomic E-state index is -4.45. The second kappa shape index (κ2) is 6.29. The highest BCUT2D eigenvalue weighted by Crippen LogP contribution is 2.54. The maximum absolute atomic E-state index is 14.2. The van der Waals surface area contributed by atoms with E-state index in [2.05, 4.69) is 10.1 Å². The smallest absolute Gasteiger partial charge is 0.365 e. The van der Waals surface area contributed by atoms with Crippen LogP contribution in [0.1, 0.15) is 56.8 Å². The molecular weight excluding hydrogens is 403 g/mol. The van der Waals surface area contributed by atoms with Crippen LogP contribution >= 0.6 is 0 Å². The zero-order valence-corrected chi connectivity index (χ0v) is 17.0. The Morgan fingerprint density at radius 2 is 1.80 bits per heavy atom. The van der Waals surface area contributed by atoms with E-state index in [0.717, 1.165) is 0 Å². The Morgan fingerprint density at radius 1 is 1.10 bits per heavy atom. The van der Waals surface area contributed by atoms with Gasteiger partial charge in [0.05, 0.1) is 23.3 Å². The second-order valence-electron chi connectivity index (χ2n) is 9.48. The highest BCUT2D eigenvalue weighted by atomic mass is 19.4. The maximum atomic E-state index is 14.2. The standard InChI is InChI=1S/C21H25F5N4/c1-12-9-17-27-10-16-18(30(17)28-12)19(2,21(24,25)26)11-29(16)14-5-3-13(4-6-14)15-7-8-20(15,22)23/h9-10,13-15H,3-8,11H2,1-2H3/t13?,14?,15-,19+/m0/s1. The summed E-state index contributed by atoms with van der Waals surface area (Å²) in [7, 11) is 0. The number of anilines is 1. The fourth-order valence-corrected chi connectivity index (χ4v) is 5.74. The van der Waals surface area contributed by atoms with E-state index in [4.69, 9.17) is 0 Å². The molecule has 9 heteroatoms. The lowest BCUT2D eigenvalue weighted by Crippen LogP contribution is -2.49. The predicted octanol–water partition coefficient (Wildman–Crippen LogP) is 5.28. The first-order chi connectivity index (χ1) is 14.0. The third kappa shape index (κ3) is 2.76. The lowest BCUT2D eigenvalue weighted by Gasteiger charge is -2.45. The van der Waals surface area contributed by atoms with Crippen LogP contribution in [0.25, 0.3) is 5.65 Å². The van der Waals surface area contributed by atoms with Crippen LogP contribution < -0.4 is 4.90 Å². The van der Waals surface area contributed by atoms with E-state index in [1.54, 1.807) is 17.9 Å². The first-order valence-electron chi connectivity index (χ1n) is 10.6. The van der Waals surface area contributed by atoms with Crippen LogP contribution in [0, 0.1) is 18.8 Å². The van der Waals surface area contributed by atoms with Crippen LogP contribution in [0.3, 0.4) is 0 Å². The summed E-state index contributed by atoms with van der Waals surface area (Å²) in [5.41, 5.74) is -0.469. The van der Waals surface area contributed by atoms with Gasteiger partial charge in [0.25, 0.3) is 5.92 Å². The van der Waals surface area contributed by atoms with Gasteiger partial charge in [-0.3, -0.25) is 0 Å². The molecule has 0 aromatic carbocycles. The number of hydrogen-bond acceptors (Lipinski definition) is 3. The third-order valence-electron chi connectivity index (χ3n) is 7.61. The third-order valence-corrected chi connectivity index (χ3v) is 7.61. The maximum Gasteiger partial charge on any atom is 0.401 e. The molecule has 2 atom stereocenters. The van der Waals surface area contributed by atoms with E-state index in [-0.39, 0.29) is 30.6 Å². The molecule has 2 saturated carbocycles. The lowest BCUT2D eigenvalue weighted by molar-refractivity contribution is -0.182. The van der Waals surface area contributed by atoms with Crippen molar-refractivity contribution in [1.82, 2.24) is 14.6 Å². The van der Waals surface area contributed by atoms with Gasteiger partial charge in [0.1, 0.15) is 5.41 Å². The molecule has 3 aliphatic rings. The molecular formula is C21H25F5N4. The van der Waals surface area contributed by atoms with Gasteiger partial charge in [0, 0.05) is 31.0 Å². The highest BCUT2D eigenvalue weighted by molar-refractivity contribution is 5.63. The zero-order chi connectivity index (χ0) is 21.5. The van der Waals surface area contributed by atoms with Crippen molar-refractivity contribution in [2.24, 2.45) is 11.8 Å². The molecule has 2 fully saturated rings. The summed E-state index contributed by atoms with van der Waals surface area (Å²) < 4.78 is 71.7. The number of alkyl halides is 5. The number of halogens is 5. The van der Waals surface area contributed by atoms with E-state index in [1.807, 2.05) is 0 Å². The number of hydrogen-bond donors (Lipinski definition) is 0. The van der Waals surface area contributed by atoms with Gasteiger partial charge in [-0.1, -0.05) is 0 Å². The molecule has 4 nitrogen and oxygen atoms in total. The highest BCUT2D eigenvalue weighted by Gasteiger charge is 2.60. The van der Waals surface area contributed by atoms with Crippen LogP contribution in [0.2, 0.25) is 0 Å². The van der Waals surface area contributed by atoms with Crippen molar-refractivity contribution in [3.05, 3.63) is 23.7 Å². The average molecular weight is 428 g/mol. The van der Waals surface area contributed by atoms with E-state index >= 15 is 0 Å². The van der Waals surface area contributed by atoms with Gasteiger partial charge in [0.2, 0.25) is 0 Å². The van der Waals surface area contributed by atoms with Crippen LogP contribution in [0.4, 0.5) is 27.6 Å². The molecule has 2 aromatic rings. The first kappa shape index (κ1) is 20.0. The molecule has 1 aliphatic heterocycles. The summed E-state index contributed by atoms with van der Waals surface area (Å²) >= 11 is 0. The Balaban J connectivity index is 1.46. The van der Waals surface area contributed by atoms with Crippen molar-refractivity contribution in [3.8, 4) is 0 Å². The fourth-order valence-electron chi connectivity index (χ4n) is 5.74. The monoisotopic (exact) mass is 428 g/mol. The Kier molecular flexibility index (Phi) is 4.20. The van der Waals surface area contributed by atoms with Crippen molar-refractivity contribution in [2.75, 3.05) is 11.4 Å². The second-order valence-corrected chi connectivity index (χ2v) is 9.48. The Hall–Kier alpha value is -1.93. The predicted molar refractivity (Wildman–Crippen MR) is 102 cm³/mol. The molecule has 0 amide bonds.